The third kappa shape index (κ3) is 7.79. The maximum atomic E-state index is 12.1. The Labute approximate surface area is 211 Å². The molecule has 0 aliphatic carbocycles. The number of nitrogens with one attached hydrogen (secondary N) is 3. The summed E-state index contributed by atoms with van der Waals surface area (Å²) in [5, 5.41) is 9.18. The third-order valence-corrected chi connectivity index (χ3v) is 5.81. The van der Waals surface area contributed by atoms with Gasteiger partial charge < -0.3 is 15.4 Å². The first kappa shape index (κ1) is 25.6. The Bertz CT molecular complexity index is 1240. The largest absolute Gasteiger partial charge is 0.484 e. The molecule has 35 heavy (non-hydrogen) atoms. The van der Waals surface area contributed by atoms with Gasteiger partial charge in [0.25, 0.3) is 5.91 Å². The van der Waals surface area contributed by atoms with Gasteiger partial charge in [0.05, 0.1) is 6.21 Å². The molecule has 9 heteroatoms. The topological polar surface area (TPSA) is 109 Å². The van der Waals surface area contributed by atoms with Crippen molar-refractivity contribution < 1.29 is 19.1 Å². The zero-order chi connectivity index (χ0) is 25.2. The van der Waals surface area contributed by atoms with Crippen molar-refractivity contribution in [2.45, 2.75) is 20.3 Å². The van der Waals surface area contributed by atoms with Crippen molar-refractivity contribution in [3.05, 3.63) is 87.9 Å². The standard InChI is InChI=1S/C26H25BrN4O4/c1-3-19-6-4-5-7-23(19)30-25(33)26(34)31-28-15-18-8-11-21(12-9-18)35-16-24(32)29-20-10-13-22(27)17(2)14-20/h4-15H,3,16H2,1-2H3,(H,29,32)(H,30,33)(H,31,34)/b28-15-. The fourth-order valence-electron chi connectivity index (χ4n) is 3.06. The summed E-state index contributed by atoms with van der Waals surface area (Å²) in [6, 6.07) is 19.6. The number of nitrogens with zero attached hydrogens (tertiary/aromatic N) is 1. The van der Waals surface area contributed by atoms with Crippen molar-refractivity contribution in [2.75, 3.05) is 17.2 Å². The van der Waals surface area contributed by atoms with Crippen LogP contribution in [0.2, 0.25) is 0 Å². The van der Waals surface area contributed by atoms with Crippen LogP contribution >= 0.6 is 15.9 Å². The zero-order valence-electron chi connectivity index (χ0n) is 19.3. The number of rotatable bonds is 8. The number of hydrogen-bond acceptors (Lipinski definition) is 5. The molecule has 0 radical (unpaired) electrons. The lowest BCUT2D eigenvalue weighted by molar-refractivity contribution is -0.136. The minimum atomic E-state index is -0.876. The van der Waals surface area contributed by atoms with Gasteiger partial charge in [0.1, 0.15) is 5.75 Å². The van der Waals surface area contributed by atoms with Crippen LogP contribution in [-0.2, 0) is 20.8 Å². The second-order valence-corrected chi connectivity index (χ2v) is 8.39. The Morgan fingerprint density at radius 1 is 0.971 bits per heavy atom. The van der Waals surface area contributed by atoms with Crippen LogP contribution in [0.3, 0.4) is 0 Å². The van der Waals surface area contributed by atoms with E-state index >= 15 is 0 Å². The maximum Gasteiger partial charge on any atom is 0.329 e. The highest BCUT2D eigenvalue weighted by Crippen LogP contribution is 2.20. The molecule has 3 rings (SSSR count). The molecular formula is C26H25BrN4O4. The van der Waals surface area contributed by atoms with Gasteiger partial charge in [0.15, 0.2) is 6.61 Å². The van der Waals surface area contributed by atoms with E-state index in [0.717, 1.165) is 22.0 Å². The van der Waals surface area contributed by atoms with Crippen LogP contribution in [0.1, 0.15) is 23.6 Å². The first-order valence-electron chi connectivity index (χ1n) is 10.9. The molecule has 0 saturated carbocycles. The molecule has 3 N–H and O–H groups in total. The molecule has 0 aliphatic heterocycles. The quantitative estimate of drug-likeness (QED) is 0.225. The van der Waals surface area contributed by atoms with Gasteiger partial charge in [-0.25, -0.2) is 5.43 Å². The highest BCUT2D eigenvalue weighted by molar-refractivity contribution is 9.10. The molecule has 3 aromatic rings. The second-order valence-electron chi connectivity index (χ2n) is 7.53. The molecule has 8 nitrogen and oxygen atoms in total. The SMILES string of the molecule is CCc1ccccc1NC(=O)C(=O)N/N=C\c1ccc(OCC(=O)Nc2ccc(Br)c(C)c2)cc1. The molecule has 0 aromatic heterocycles. The summed E-state index contributed by atoms with van der Waals surface area (Å²) >= 11 is 3.42. The number of ether oxygens (including phenoxy) is 1. The summed E-state index contributed by atoms with van der Waals surface area (Å²) in [6.07, 6.45) is 2.13. The lowest BCUT2D eigenvalue weighted by Gasteiger charge is -2.09. The molecule has 180 valence electrons. The summed E-state index contributed by atoms with van der Waals surface area (Å²) in [5.74, 6) is -1.45. The van der Waals surface area contributed by atoms with E-state index in [9.17, 15) is 14.4 Å². The Kier molecular flexibility index (Phi) is 9.14. The number of anilines is 2. The van der Waals surface area contributed by atoms with Crippen molar-refractivity contribution >= 4 is 51.2 Å². The fraction of sp³-hybridized carbons (Fsp3) is 0.154. The smallest absolute Gasteiger partial charge is 0.329 e. The minimum absolute atomic E-state index is 0.144. The molecule has 0 aliphatic rings. The molecule has 3 aromatic carbocycles. The summed E-state index contributed by atoms with van der Waals surface area (Å²) in [5.41, 5.74) is 6.10. The number of carbonyl (C=O) groups is 3. The molecule has 0 unspecified atom stereocenters. The van der Waals surface area contributed by atoms with Gasteiger partial charge in [-0.2, -0.15) is 5.10 Å². The zero-order valence-corrected chi connectivity index (χ0v) is 20.9. The van der Waals surface area contributed by atoms with E-state index in [-0.39, 0.29) is 12.5 Å². The summed E-state index contributed by atoms with van der Waals surface area (Å²) < 4.78 is 6.48. The lowest BCUT2D eigenvalue weighted by Crippen LogP contribution is -2.32. The van der Waals surface area contributed by atoms with Gasteiger partial charge in [0.2, 0.25) is 0 Å². The normalized spacial score (nSPS) is 10.6. The summed E-state index contributed by atoms with van der Waals surface area (Å²) in [4.78, 5) is 36.2. The second kappa shape index (κ2) is 12.5. The fourth-order valence-corrected chi connectivity index (χ4v) is 3.31. The van der Waals surface area contributed by atoms with Gasteiger partial charge in [-0.15, -0.1) is 0 Å². The molecule has 3 amide bonds. The molecule has 0 fully saturated rings. The van der Waals surface area contributed by atoms with Crippen molar-refractivity contribution in [3.8, 4) is 5.75 Å². The molecule has 0 spiro atoms. The number of carbonyl (C=O) groups excluding carboxylic acids is 3. The predicted octanol–water partition coefficient (Wildman–Crippen LogP) is 4.43. The number of amides is 3. The minimum Gasteiger partial charge on any atom is -0.484 e. The van der Waals surface area contributed by atoms with Gasteiger partial charge >= 0.3 is 11.8 Å². The van der Waals surface area contributed by atoms with Crippen molar-refractivity contribution in [3.63, 3.8) is 0 Å². The van der Waals surface area contributed by atoms with Crippen LogP contribution in [0, 0.1) is 6.92 Å². The first-order valence-corrected chi connectivity index (χ1v) is 11.7. The molecular weight excluding hydrogens is 512 g/mol. The Balaban J connectivity index is 1.44. The van der Waals surface area contributed by atoms with Crippen LogP contribution in [-0.4, -0.2) is 30.5 Å². The van der Waals surface area contributed by atoms with Crippen molar-refractivity contribution in [1.29, 1.82) is 0 Å². The Morgan fingerprint density at radius 2 is 1.71 bits per heavy atom. The van der Waals surface area contributed by atoms with Crippen molar-refractivity contribution in [2.24, 2.45) is 5.10 Å². The highest BCUT2D eigenvalue weighted by Gasteiger charge is 2.14. The summed E-state index contributed by atoms with van der Waals surface area (Å²) in [6.45, 7) is 3.76. The number of aryl methyl sites for hydroxylation is 2. The van der Waals surface area contributed by atoms with E-state index in [4.69, 9.17) is 4.74 Å². The average molecular weight is 537 g/mol. The Morgan fingerprint density at radius 3 is 2.43 bits per heavy atom. The monoisotopic (exact) mass is 536 g/mol. The molecule has 0 saturated heterocycles. The van der Waals surface area contributed by atoms with E-state index in [0.29, 0.717) is 22.7 Å². The van der Waals surface area contributed by atoms with Crippen molar-refractivity contribution in [1.82, 2.24) is 5.43 Å². The van der Waals surface area contributed by atoms with Crippen LogP contribution < -0.4 is 20.8 Å². The maximum absolute atomic E-state index is 12.1. The van der Waals surface area contributed by atoms with Crippen LogP contribution in [0.5, 0.6) is 5.75 Å². The van der Waals surface area contributed by atoms with Crippen LogP contribution in [0.4, 0.5) is 11.4 Å². The molecule has 0 bridgehead atoms. The van der Waals surface area contributed by atoms with E-state index in [1.54, 1.807) is 42.5 Å². The van der Waals surface area contributed by atoms with Crippen LogP contribution in [0.15, 0.2) is 76.3 Å². The van der Waals surface area contributed by atoms with E-state index in [2.05, 4.69) is 37.1 Å². The van der Waals surface area contributed by atoms with E-state index in [1.807, 2.05) is 38.1 Å². The number of para-hydroxylation sites is 1. The summed E-state index contributed by atoms with van der Waals surface area (Å²) in [7, 11) is 0. The first-order chi connectivity index (χ1) is 16.9. The lowest BCUT2D eigenvalue weighted by atomic mass is 10.1. The van der Waals surface area contributed by atoms with Gasteiger partial charge in [-0.05, 0) is 78.6 Å². The van der Waals surface area contributed by atoms with Gasteiger partial charge in [0, 0.05) is 15.8 Å². The highest BCUT2D eigenvalue weighted by atomic mass is 79.9. The van der Waals surface area contributed by atoms with E-state index < -0.39 is 11.8 Å². The van der Waals surface area contributed by atoms with Crippen LogP contribution in [0.25, 0.3) is 0 Å². The van der Waals surface area contributed by atoms with Gasteiger partial charge in [-0.1, -0.05) is 41.1 Å². The number of benzene rings is 3. The Hall–Kier alpha value is -3.98. The molecule has 0 atom stereocenters. The molecule has 0 heterocycles. The average Bonchev–Trinajstić information content (AvgIpc) is 2.86. The van der Waals surface area contributed by atoms with E-state index in [1.165, 1.54) is 6.21 Å². The van der Waals surface area contributed by atoms with Gasteiger partial charge in [-0.3, -0.25) is 14.4 Å². The number of hydrogen-bond donors (Lipinski definition) is 3. The predicted molar refractivity (Wildman–Crippen MR) is 140 cm³/mol. The number of halogens is 1. The number of hydrazone groups is 1. The third-order valence-electron chi connectivity index (χ3n) is 4.92.